The molecule has 1 aromatic carbocycles. The van der Waals surface area contributed by atoms with Crippen molar-refractivity contribution in [1.82, 2.24) is 15.5 Å². The fourth-order valence-corrected chi connectivity index (χ4v) is 3.69. The normalized spacial score (nSPS) is 11.2. The molecule has 0 saturated heterocycles. The fraction of sp³-hybridized carbons (Fsp3) is 0.467. The van der Waals surface area contributed by atoms with Gasteiger partial charge in [0.15, 0.2) is 4.34 Å². The first-order valence-corrected chi connectivity index (χ1v) is 8.46. The minimum absolute atomic E-state index is 0.687. The third-order valence-electron chi connectivity index (χ3n) is 2.83. The Balaban J connectivity index is 1.98. The van der Waals surface area contributed by atoms with E-state index in [-0.39, 0.29) is 0 Å². The Morgan fingerprint density at radius 1 is 1.25 bits per heavy atom. The Morgan fingerprint density at radius 2 is 2.05 bits per heavy atom. The quantitative estimate of drug-likeness (QED) is 0.873. The van der Waals surface area contributed by atoms with Crippen molar-refractivity contribution in [3.63, 3.8) is 0 Å². The lowest BCUT2D eigenvalue weighted by molar-refractivity contribution is 0.552. The summed E-state index contributed by atoms with van der Waals surface area (Å²) < 4.78 is 1.01. The zero-order valence-corrected chi connectivity index (χ0v) is 14.1. The van der Waals surface area contributed by atoms with Crippen molar-refractivity contribution >= 4 is 23.1 Å². The molecule has 0 aliphatic rings. The Labute approximate surface area is 129 Å². The van der Waals surface area contributed by atoms with Gasteiger partial charge in [0.05, 0.1) is 0 Å². The van der Waals surface area contributed by atoms with E-state index < -0.39 is 0 Å². The summed E-state index contributed by atoms with van der Waals surface area (Å²) in [6, 6.07) is 6.63. The molecule has 20 heavy (non-hydrogen) atoms. The van der Waals surface area contributed by atoms with Crippen molar-refractivity contribution in [2.24, 2.45) is 5.92 Å². The van der Waals surface area contributed by atoms with Crippen molar-refractivity contribution in [2.75, 3.05) is 6.54 Å². The first-order valence-electron chi connectivity index (χ1n) is 6.83. The van der Waals surface area contributed by atoms with Crippen molar-refractivity contribution in [1.29, 1.82) is 0 Å². The van der Waals surface area contributed by atoms with Crippen LogP contribution in [-0.4, -0.2) is 16.7 Å². The molecule has 0 radical (unpaired) electrons. The van der Waals surface area contributed by atoms with Gasteiger partial charge in [0, 0.05) is 11.4 Å². The lowest BCUT2D eigenvalue weighted by Gasteiger charge is -2.09. The summed E-state index contributed by atoms with van der Waals surface area (Å²) in [5.74, 6) is 0.687. The average Bonchev–Trinajstić information content (AvgIpc) is 2.78. The lowest BCUT2D eigenvalue weighted by Crippen LogP contribution is -2.18. The Hall–Kier alpha value is -0.910. The molecule has 0 saturated carbocycles. The molecule has 1 aromatic heterocycles. The van der Waals surface area contributed by atoms with Crippen LogP contribution >= 0.6 is 23.1 Å². The molecule has 0 atom stereocenters. The smallest absolute Gasteiger partial charge is 0.179 e. The monoisotopic (exact) mass is 307 g/mol. The highest BCUT2D eigenvalue weighted by atomic mass is 32.2. The first-order chi connectivity index (χ1) is 9.54. The number of nitrogens with zero attached hydrogens (tertiary/aromatic N) is 2. The molecule has 3 nitrogen and oxygen atoms in total. The Bertz CT molecular complexity index is 564. The van der Waals surface area contributed by atoms with Gasteiger partial charge in [0.25, 0.3) is 0 Å². The molecule has 108 valence electrons. The molecule has 0 amide bonds. The maximum atomic E-state index is 4.16. The summed E-state index contributed by atoms with van der Waals surface area (Å²) in [6.45, 7) is 10.6. The van der Waals surface area contributed by atoms with Gasteiger partial charge in [-0.2, -0.15) is 0 Å². The van der Waals surface area contributed by atoms with Gasteiger partial charge in [-0.3, -0.25) is 0 Å². The van der Waals surface area contributed by atoms with Gasteiger partial charge >= 0.3 is 0 Å². The van der Waals surface area contributed by atoms with Gasteiger partial charge in [0.2, 0.25) is 0 Å². The maximum absolute atomic E-state index is 4.16. The van der Waals surface area contributed by atoms with E-state index in [0.29, 0.717) is 5.92 Å². The van der Waals surface area contributed by atoms with Crippen molar-refractivity contribution in [3.05, 3.63) is 34.3 Å². The van der Waals surface area contributed by atoms with E-state index in [1.165, 1.54) is 16.0 Å². The molecule has 2 aromatic rings. The predicted octanol–water partition coefficient (Wildman–Crippen LogP) is 4.05. The minimum Gasteiger partial charge on any atom is -0.312 e. The average molecular weight is 307 g/mol. The first kappa shape index (κ1) is 15.5. The molecule has 2 rings (SSSR count). The van der Waals surface area contributed by atoms with Crippen LogP contribution in [0.15, 0.2) is 27.4 Å². The van der Waals surface area contributed by atoms with E-state index >= 15 is 0 Å². The van der Waals surface area contributed by atoms with E-state index in [9.17, 15) is 0 Å². The molecule has 0 aliphatic carbocycles. The van der Waals surface area contributed by atoms with Crippen LogP contribution in [0, 0.1) is 19.8 Å². The van der Waals surface area contributed by atoms with E-state index in [1.807, 2.05) is 6.92 Å². The number of hydrogen-bond donors (Lipinski definition) is 1. The molecule has 0 bridgehead atoms. The second kappa shape index (κ2) is 7.20. The van der Waals surface area contributed by atoms with E-state index in [2.05, 4.69) is 54.5 Å². The van der Waals surface area contributed by atoms with Crippen molar-refractivity contribution in [2.45, 2.75) is 43.5 Å². The number of nitrogens with one attached hydrogen (secondary N) is 1. The predicted molar refractivity (Wildman–Crippen MR) is 86.5 cm³/mol. The van der Waals surface area contributed by atoms with Crippen LogP contribution in [0.25, 0.3) is 0 Å². The van der Waals surface area contributed by atoms with Crippen LogP contribution < -0.4 is 5.32 Å². The second-order valence-electron chi connectivity index (χ2n) is 5.31. The van der Waals surface area contributed by atoms with Gasteiger partial charge in [0.1, 0.15) is 5.01 Å². The summed E-state index contributed by atoms with van der Waals surface area (Å²) in [5, 5.41) is 12.7. The van der Waals surface area contributed by atoms with E-state index in [1.54, 1.807) is 23.1 Å². The molecule has 1 heterocycles. The zero-order chi connectivity index (χ0) is 14.5. The summed E-state index contributed by atoms with van der Waals surface area (Å²) in [4.78, 5) is 1.26. The molecular weight excluding hydrogens is 286 g/mol. The molecule has 0 unspecified atom stereocenters. The van der Waals surface area contributed by atoms with Gasteiger partial charge in [-0.15, -0.1) is 10.2 Å². The summed E-state index contributed by atoms with van der Waals surface area (Å²) >= 11 is 3.34. The van der Waals surface area contributed by atoms with Crippen LogP contribution in [-0.2, 0) is 6.54 Å². The molecular formula is C15H21N3S2. The van der Waals surface area contributed by atoms with Gasteiger partial charge < -0.3 is 5.32 Å². The van der Waals surface area contributed by atoms with Crippen LogP contribution in [0.5, 0.6) is 0 Å². The number of aromatic nitrogens is 2. The zero-order valence-electron chi connectivity index (χ0n) is 12.4. The summed E-state index contributed by atoms with van der Waals surface area (Å²) in [5.41, 5.74) is 2.63. The highest BCUT2D eigenvalue weighted by Gasteiger charge is 2.06. The van der Waals surface area contributed by atoms with E-state index in [0.717, 1.165) is 22.4 Å². The van der Waals surface area contributed by atoms with Crippen LogP contribution in [0.2, 0.25) is 0 Å². The fourth-order valence-electron chi connectivity index (χ4n) is 1.85. The molecule has 0 aliphatic heterocycles. The van der Waals surface area contributed by atoms with E-state index in [4.69, 9.17) is 0 Å². The standard InChI is InChI=1S/C15H21N3S2/c1-10(2)8-16-9-13-5-6-14(11(3)7-13)20-15-18-17-12(4)19-15/h5-7,10,16H,8-9H2,1-4H3. The minimum atomic E-state index is 0.687. The number of hydrogen-bond acceptors (Lipinski definition) is 5. The highest BCUT2D eigenvalue weighted by molar-refractivity contribution is 8.01. The molecule has 5 heteroatoms. The largest absolute Gasteiger partial charge is 0.312 e. The molecule has 0 spiro atoms. The molecule has 1 N–H and O–H groups in total. The number of benzene rings is 1. The highest BCUT2D eigenvalue weighted by Crippen LogP contribution is 2.32. The summed E-state index contributed by atoms with van der Waals surface area (Å²) in [7, 11) is 0. The van der Waals surface area contributed by atoms with Crippen molar-refractivity contribution in [3.8, 4) is 0 Å². The van der Waals surface area contributed by atoms with Gasteiger partial charge in [-0.25, -0.2) is 0 Å². The third kappa shape index (κ3) is 4.58. The molecule has 0 fully saturated rings. The second-order valence-corrected chi connectivity index (χ2v) is 7.78. The van der Waals surface area contributed by atoms with Gasteiger partial charge in [-0.1, -0.05) is 49.1 Å². The van der Waals surface area contributed by atoms with Crippen LogP contribution in [0.3, 0.4) is 0 Å². The number of rotatable bonds is 6. The maximum Gasteiger partial charge on any atom is 0.179 e. The Kier molecular flexibility index (Phi) is 5.57. The SMILES string of the molecule is Cc1nnc(Sc2ccc(CNCC(C)C)cc2C)s1. The van der Waals surface area contributed by atoms with Crippen molar-refractivity contribution < 1.29 is 0 Å². The van der Waals surface area contributed by atoms with Gasteiger partial charge in [-0.05, 0) is 43.5 Å². The van der Waals surface area contributed by atoms with Crippen LogP contribution in [0.4, 0.5) is 0 Å². The number of aryl methyl sites for hydroxylation is 2. The summed E-state index contributed by atoms with van der Waals surface area (Å²) in [6.07, 6.45) is 0. The third-order valence-corrected chi connectivity index (χ3v) is 4.89. The lowest BCUT2D eigenvalue weighted by atomic mass is 10.1. The Morgan fingerprint density at radius 3 is 2.65 bits per heavy atom. The topological polar surface area (TPSA) is 37.8 Å². The van der Waals surface area contributed by atoms with Crippen LogP contribution in [0.1, 0.15) is 30.0 Å².